The van der Waals surface area contributed by atoms with Gasteiger partial charge in [0.05, 0.1) is 0 Å². The molecule has 1 aliphatic rings. The molecule has 0 N–H and O–H groups in total. The quantitative estimate of drug-likeness (QED) is 0.177. The first-order chi connectivity index (χ1) is 9.00. The van der Waals surface area contributed by atoms with Gasteiger partial charge in [-0.3, -0.25) is 0 Å². The largest absolute Gasteiger partial charge is 0.741 e. The predicted molar refractivity (Wildman–Crippen MR) is 70.8 cm³/mol. The summed E-state index contributed by atoms with van der Waals surface area (Å²) in [5, 5.41) is 0. The number of thiol groups is 1. The normalized spacial score (nSPS) is 15.6. The van der Waals surface area contributed by atoms with E-state index in [2.05, 4.69) is 0 Å². The third-order valence-electron chi connectivity index (χ3n) is 1.45. The number of alkyl halides is 6. The minimum Gasteiger partial charge on any atom is -0.741 e. The monoisotopic (exact) mass is 422 g/mol. The maximum Gasteiger partial charge on any atom is 0.485 e. The highest BCUT2D eigenvalue weighted by Crippen LogP contribution is 2.21. The molecule has 0 aromatic carbocycles. The van der Waals surface area contributed by atoms with E-state index in [1.54, 1.807) is 11.8 Å². The molecule has 0 amide bonds. The van der Waals surface area contributed by atoms with E-state index in [1.165, 1.54) is 24.3 Å². The van der Waals surface area contributed by atoms with Crippen molar-refractivity contribution in [2.24, 2.45) is 0 Å². The van der Waals surface area contributed by atoms with Gasteiger partial charge in [0.25, 0.3) is 0 Å². The molecule has 0 bridgehead atoms. The Hall–Kier alpha value is 0.1000. The van der Waals surface area contributed by atoms with Crippen LogP contribution in [0.1, 0.15) is 12.8 Å². The molecule has 0 aromatic rings. The third-order valence-corrected chi connectivity index (χ3v) is 3.85. The molecule has 1 saturated heterocycles. The highest BCUT2D eigenvalue weighted by atomic mass is 32.2. The Bertz CT molecular complexity index is 441. The second-order valence-corrected chi connectivity index (χ2v) is 7.26. The second-order valence-electron chi connectivity index (χ2n) is 3.18. The highest BCUT2D eigenvalue weighted by Gasteiger charge is 2.37. The van der Waals surface area contributed by atoms with Gasteiger partial charge in [-0.15, -0.1) is 0 Å². The molecule has 0 atom stereocenters. The van der Waals surface area contributed by atoms with Crippen LogP contribution in [0.2, 0.25) is 0 Å². The van der Waals surface area contributed by atoms with Gasteiger partial charge in [0.2, 0.25) is 0 Å². The lowest BCUT2D eigenvalue weighted by molar-refractivity contribution is -0.0522. The first-order valence-electron chi connectivity index (χ1n) is 4.67. The van der Waals surface area contributed by atoms with Gasteiger partial charge < -0.3 is 9.11 Å². The van der Waals surface area contributed by atoms with E-state index in [1.807, 2.05) is 0 Å². The van der Waals surface area contributed by atoms with E-state index in [4.69, 9.17) is 25.9 Å². The number of rotatable bonds is 0. The van der Waals surface area contributed by atoms with Gasteiger partial charge in [0.15, 0.2) is 20.2 Å². The Morgan fingerprint density at radius 1 is 0.727 bits per heavy atom. The molecule has 0 aliphatic carbocycles. The fraction of sp³-hybridized carbons (Fsp3) is 1.00. The predicted octanol–water partition coefficient (Wildman–Crippen LogP) is -0.108. The summed E-state index contributed by atoms with van der Waals surface area (Å²) in [4.78, 5) is 0. The maximum atomic E-state index is 10.7. The number of halogens is 6. The molecule has 1 fully saturated rings. The standard InChI is InChI=1S/C4H8S.2CHF3O3S.H2S/c1-2-4-5-3-1;2*2-1(3,4)8(5,6)7;/h1-4H2;2*(H,5,6,7);1H2. The van der Waals surface area contributed by atoms with Crippen LogP contribution >= 0.6 is 0 Å². The van der Waals surface area contributed by atoms with Gasteiger partial charge in [0, 0.05) is 0 Å². The lowest BCUT2D eigenvalue weighted by Gasteiger charge is -2.08. The molecule has 138 valence electrons. The van der Waals surface area contributed by atoms with E-state index in [0.717, 1.165) is 0 Å². The summed E-state index contributed by atoms with van der Waals surface area (Å²) in [7, 11) is -12.2. The Morgan fingerprint density at radius 2 is 0.909 bits per heavy atom. The van der Waals surface area contributed by atoms with E-state index < -0.39 is 31.3 Å². The van der Waals surface area contributed by atoms with Crippen LogP contribution in [0.3, 0.4) is 0 Å². The summed E-state index contributed by atoms with van der Waals surface area (Å²) in [6.45, 7) is 0. The van der Waals surface area contributed by atoms with E-state index in [-0.39, 0.29) is 13.5 Å². The molecule has 1 aliphatic heterocycles. The van der Waals surface area contributed by atoms with Crippen molar-refractivity contribution in [1.82, 2.24) is 0 Å². The van der Waals surface area contributed by atoms with Gasteiger partial charge in [-0.25, -0.2) is 16.8 Å². The zero-order valence-corrected chi connectivity index (χ0v) is 14.1. The summed E-state index contributed by atoms with van der Waals surface area (Å²) < 4.78 is 118. The molecule has 0 spiro atoms. The highest BCUT2D eigenvalue weighted by molar-refractivity contribution is 7.86. The third kappa shape index (κ3) is 13.7. The second kappa shape index (κ2) is 10.1. The zero-order valence-electron chi connectivity index (χ0n) is 10.4. The Morgan fingerprint density at radius 3 is 0.955 bits per heavy atom. The minimum absolute atomic E-state index is 0. The smallest absolute Gasteiger partial charge is 0.485 e. The van der Waals surface area contributed by atoms with Crippen molar-refractivity contribution in [1.29, 1.82) is 0 Å². The Labute approximate surface area is 133 Å². The van der Waals surface area contributed by atoms with Crippen molar-refractivity contribution in [3.63, 3.8) is 0 Å². The van der Waals surface area contributed by atoms with Crippen LogP contribution in [0.25, 0.3) is 0 Å². The lowest BCUT2D eigenvalue weighted by Crippen LogP contribution is -2.21. The lowest BCUT2D eigenvalue weighted by atomic mass is 10.4. The summed E-state index contributed by atoms with van der Waals surface area (Å²) in [5.41, 5.74) is -11.3. The molecular formula is C6H12F6O6S4. The average molecular weight is 422 g/mol. The van der Waals surface area contributed by atoms with Crippen LogP contribution in [0, 0.1) is 0 Å². The van der Waals surface area contributed by atoms with Crippen LogP contribution in [0.5, 0.6) is 0 Å². The molecule has 0 saturated carbocycles. The number of hydrogen-bond acceptors (Lipinski definition) is 6. The van der Waals surface area contributed by atoms with Gasteiger partial charge >= 0.3 is 11.0 Å². The van der Waals surface area contributed by atoms with E-state index in [0.29, 0.717) is 0 Å². The first-order valence-corrected chi connectivity index (χ1v) is 8.76. The summed E-state index contributed by atoms with van der Waals surface area (Å²) >= 11 is 1.69. The van der Waals surface area contributed by atoms with Crippen molar-refractivity contribution in [2.75, 3.05) is 11.5 Å². The molecule has 0 aromatic heterocycles. The van der Waals surface area contributed by atoms with Crippen LogP contribution in [0.15, 0.2) is 0 Å². The molecule has 6 nitrogen and oxygen atoms in total. The molecule has 16 heteroatoms. The maximum absolute atomic E-state index is 10.7. The minimum atomic E-state index is -6.09. The van der Waals surface area contributed by atoms with E-state index >= 15 is 0 Å². The Balaban J connectivity index is -0.000000246. The van der Waals surface area contributed by atoms with E-state index in [9.17, 15) is 26.3 Å². The summed E-state index contributed by atoms with van der Waals surface area (Å²) in [5.74, 6) is 2.94. The first kappa shape index (κ1) is 27.0. The van der Waals surface area contributed by atoms with Gasteiger partial charge in [-0.05, 0) is 24.6 Å². The SMILES string of the molecule is C1CC[SH+]C1.O=S(=O)([O-])C(F)(F)F.O=S(=O)([O-])C(F)(F)F.[SH3+]. The van der Waals surface area contributed by atoms with Gasteiger partial charge in [0.1, 0.15) is 11.5 Å². The van der Waals surface area contributed by atoms with Crippen molar-refractivity contribution < 1.29 is 52.3 Å². The molecule has 1 heterocycles. The van der Waals surface area contributed by atoms with Crippen molar-refractivity contribution in [3.8, 4) is 0 Å². The fourth-order valence-electron chi connectivity index (χ4n) is 0.559. The van der Waals surface area contributed by atoms with Crippen LogP contribution in [-0.2, 0) is 45.5 Å². The molecular weight excluding hydrogens is 410 g/mol. The molecule has 22 heavy (non-hydrogen) atoms. The molecule has 0 radical (unpaired) electrons. The number of hydrogen-bond donors (Lipinski definition) is 0. The van der Waals surface area contributed by atoms with Gasteiger partial charge in [-0.1, -0.05) is 13.5 Å². The van der Waals surface area contributed by atoms with Crippen molar-refractivity contribution in [2.45, 2.75) is 23.9 Å². The zero-order chi connectivity index (χ0) is 17.5. The van der Waals surface area contributed by atoms with Gasteiger partial charge in [-0.2, -0.15) is 26.3 Å². The Kier molecular flexibility index (Phi) is 12.3. The van der Waals surface area contributed by atoms with Crippen LogP contribution < -0.4 is 0 Å². The molecule has 1 rings (SSSR count). The molecule has 0 unspecified atom stereocenters. The average Bonchev–Trinajstić information content (AvgIpc) is 2.68. The van der Waals surface area contributed by atoms with Crippen molar-refractivity contribution in [3.05, 3.63) is 0 Å². The summed E-state index contributed by atoms with van der Waals surface area (Å²) in [6.07, 6.45) is 2.98. The topological polar surface area (TPSA) is 114 Å². The fourth-order valence-corrected chi connectivity index (χ4v) is 1.68. The van der Waals surface area contributed by atoms with Crippen LogP contribution in [-0.4, -0.2) is 48.5 Å². The van der Waals surface area contributed by atoms with Crippen molar-refractivity contribution >= 4 is 45.5 Å². The summed E-state index contributed by atoms with van der Waals surface area (Å²) in [6, 6.07) is 0. The van der Waals surface area contributed by atoms with Crippen LogP contribution in [0.4, 0.5) is 26.3 Å².